The zero-order valence-corrected chi connectivity index (χ0v) is 24.9. The van der Waals surface area contributed by atoms with Gasteiger partial charge in [0.05, 0.1) is 15.6 Å². The van der Waals surface area contributed by atoms with Crippen molar-refractivity contribution in [3.8, 4) is 0 Å². The number of amides is 2. The van der Waals surface area contributed by atoms with Crippen LogP contribution in [0.15, 0.2) is 82.2 Å². The largest absolute Gasteiger partial charge is 0.352 e. The molecule has 0 heterocycles. The Bertz CT molecular complexity index is 1410. The van der Waals surface area contributed by atoms with Gasteiger partial charge in [0, 0.05) is 17.1 Å². The SMILES string of the molecule is CC[C@H](C)NC(=O)[C@H](C)N(Cc1ccc(Br)cc1)C(=O)CN(c1ccc(F)c(Cl)c1)S(=O)(=O)c1ccccc1. The predicted octanol–water partition coefficient (Wildman–Crippen LogP) is 5.77. The van der Waals surface area contributed by atoms with E-state index in [1.165, 1.54) is 23.1 Å². The van der Waals surface area contributed by atoms with Crippen molar-refractivity contribution in [3.05, 3.63) is 93.7 Å². The summed E-state index contributed by atoms with van der Waals surface area (Å²) in [5.74, 6) is -1.71. The van der Waals surface area contributed by atoms with E-state index in [-0.39, 0.29) is 34.1 Å². The van der Waals surface area contributed by atoms with Gasteiger partial charge in [-0.3, -0.25) is 13.9 Å². The molecule has 0 spiro atoms. The molecule has 2 amide bonds. The smallest absolute Gasteiger partial charge is 0.264 e. The molecule has 0 saturated carbocycles. The number of benzene rings is 3. The molecule has 0 aliphatic carbocycles. The van der Waals surface area contributed by atoms with Crippen LogP contribution in [0.3, 0.4) is 0 Å². The average molecular weight is 639 g/mol. The summed E-state index contributed by atoms with van der Waals surface area (Å²) in [6.45, 7) is 4.80. The second-order valence-electron chi connectivity index (χ2n) is 9.07. The van der Waals surface area contributed by atoms with Crippen molar-refractivity contribution < 1.29 is 22.4 Å². The topological polar surface area (TPSA) is 86.8 Å². The van der Waals surface area contributed by atoms with E-state index in [9.17, 15) is 22.4 Å². The Morgan fingerprint density at radius 3 is 2.26 bits per heavy atom. The number of halogens is 3. The lowest BCUT2D eigenvalue weighted by molar-refractivity contribution is -0.139. The molecule has 0 aromatic heterocycles. The lowest BCUT2D eigenvalue weighted by Gasteiger charge is -2.32. The van der Waals surface area contributed by atoms with Crippen LogP contribution in [0.5, 0.6) is 0 Å². The molecule has 0 fully saturated rings. The monoisotopic (exact) mass is 637 g/mol. The average Bonchev–Trinajstić information content (AvgIpc) is 2.92. The van der Waals surface area contributed by atoms with Crippen molar-refractivity contribution in [2.45, 2.75) is 50.7 Å². The molecule has 1 N–H and O–H groups in total. The van der Waals surface area contributed by atoms with Gasteiger partial charge in [0.15, 0.2) is 0 Å². The number of nitrogens with one attached hydrogen (secondary N) is 1. The van der Waals surface area contributed by atoms with E-state index in [0.29, 0.717) is 6.42 Å². The molecule has 3 aromatic carbocycles. The van der Waals surface area contributed by atoms with E-state index in [2.05, 4.69) is 21.2 Å². The molecular weight excluding hydrogens is 609 g/mol. The number of carbonyl (C=O) groups excluding carboxylic acids is 2. The standard InChI is InChI=1S/C28H30BrClFN3O4S/c1-4-19(2)32-28(36)20(3)33(17-21-10-12-22(29)13-11-21)27(35)18-34(23-14-15-26(31)25(30)16-23)39(37,38)24-8-6-5-7-9-24/h5-16,19-20H,4,17-18H2,1-3H3,(H,32,36)/t19-,20-/m0/s1. The highest BCUT2D eigenvalue weighted by Crippen LogP contribution is 2.28. The molecule has 0 aliphatic rings. The molecule has 3 rings (SSSR count). The Kier molecular flexibility index (Phi) is 10.5. The molecule has 0 radical (unpaired) electrons. The van der Waals surface area contributed by atoms with Crippen LogP contribution in [0.4, 0.5) is 10.1 Å². The van der Waals surface area contributed by atoms with Crippen LogP contribution < -0.4 is 9.62 Å². The number of sulfonamides is 1. The van der Waals surface area contributed by atoms with Crippen molar-refractivity contribution in [2.75, 3.05) is 10.8 Å². The Hall–Kier alpha value is -2.95. The molecule has 208 valence electrons. The third-order valence-corrected chi connectivity index (χ3v) is 8.84. The van der Waals surface area contributed by atoms with Crippen LogP contribution in [0.25, 0.3) is 0 Å². The van der Waals surface area contributed by atoms with Crippen molar-refractivity contribution in [1.82, 2.24) is 10.2 Å². The molecule has 3 aromatic rings. The van der Waals surface area contributed by atoms with Gasteiger partial charge in [0.25, 0.3) is 10.0 Å². The van der Waals surface area contributed by atoms with Gasteiger partial charge in [-0.2, -0.15) is 0 Å². The third-order valence-electron chi connectivity index (χ3n) is 6.24. The lowest BCUT2D eigenvalue weighted by atomic mass is 10.1. The second-order valence-corrected chi connectivity index (χ2v) is 12.3. The lowest BCUT2D eigenvalue weighted by Crippen LogP contribution is -2.52. The molecule has 7 nitrogen and oxygen atoms in total. The first-order valence-electron chi connectivity index (χ1n) is 12.3. The predicted molar refractivity (Wildman–Crippen MR) is 154 cm³/mol. The van der Waals surface area contributed by atoms with Crippen LogP contribution in [0, 0.1) is 5.82 Å². The fraction of sp³-hybridized carbons (Fsp3) is 0.286. The zero-order valence-electron chi connectivity index (χ0n) is 21.8. The highest BCUT2D eigenvalue weighted by molar-refractivity contribution is 9.10. The molecule has 0 bridgehead atoms. The van der Waals surface area contributed by atoms with Gasteiger partial charge in [-0.05, 0) is 68.3 Å². The summed E-state index contributed by atoms with van der Waals surface area (Å²) in [6, 6.07) is 17.3. The number of hydrogen-bond acceptors (Lipinski definition) is 4. The van der Waals surface area contributed by atoms with Gasteiger partial charge in [0.2, 0.25) is 11.8 Å². The summed E-state index contributed by atoms with van der Waals surface area (Å²) in [7, 11) is -4.26. The summed E-state index contributed by atoms with van der Waals surface area (Å²) in [6.07, 6.45) is 0.702. The maximum absolute atomic E-state index is 13.9. The fourth-order valence-electron chi connectivity index (χ4n) is 3.72. The summed E-state index contributed by atoms with van der Waals surface area (Å²) < 4.78 is 43.1. The zero-order chi connectivity index (χ0) is 28.7. The van der Waals surface area contributed by atoms with Gasteiger partial charge < -0.3 is 10.2 Å². The van der Waals surface area contributed by atoms with Crippen molar-refractivity contribution in [2.24, 2.45) is 0 Å². The quantitative estimate of drug-likeness (QED) is 0.289. The Balaban J connectivity index is 2.03. The minimum absolute atomic E-state index is 0.0129. The number of carbonyl (C=O) groups is 2. The second kappa shape index (κ2) is 13.4. The molecule has 2 atom stereocenters. The van der Waals surface area contributed by atoms with E-state index >= 15 is 0 Å². The maximum atomic E-state index is 13.9. The summed E-state index contributed by atoms with van der Waals surface area (Å²) in [5, 5.41) is 2.59. The number of hydrogen-bond donors (Lipinski definition) is 1. The minimum Gasteiger partial charge on any atom is -0.352 e. The van der Waals surface area contributed by atoms with E-state index < -0.39 is 34.3 Å². The van der Waals surface area contributed by atoms with Gasteiger partial charge in [0.1, 0.15) is 18.4 Å². The van der Waals surface area contributed by atoms with Crippen molar-refractivity contribution >= 4 is 55.1 Å². The number of anilines is 1. The molecule has 0 saturated heterocycles. The Morgan fingerprint density at radius 1 is 1.03 bits per heavy atom. The Morgan fingerprint density at radius 2 is 1.67 bits per heavy atom. The van der Waals surface area contributed by atoms with E-state index in [1.807, 2.05) is 38.1 Å². The first-order valence-corrected chi connectivity index (χ1v) is 14.9. The van der Waals surface area contributed by atoms with Gasteiger partial charge >= 0.3 is 0 Å². The molecule has 0 unspecified atom stereocenters. The molecule has 0 aliphatic heterocycles. The first-order chi connectivity index (χ1) is 18.4. The fourth-order valence-corrected chi connectivity index (χ4v) is 5.59. The van der Waals surface area contributed by atoms with Crippen molar-refractivity contribution in [1.29, 1.82) is 0 Å². The van der Waals surface area contributed by atoms with Crippen LogP contribution in [-0.4, -0.2) is 43.8 Å². The van der Waals surface area contributed by atoms with Crippen LogP contribution in [-0.2, 0) is 26.2 Å². The normalized spacial score (nSPS) is 12.9. The van der Waals surface area contributed by atoms with Gasteiger partial charge in [-0.25, -0.2) is 12.8 Å². The highest BCUT2D eigenvalue weighted by Gasteiger charge is 2.33. The molecular formula is C28H30BrClFN3O4S. The maximum Gasteiger partial charge on any atom is 0.264 e. The Labute approximate surface area is 242 Å². The third kappa shape index (κ3) is 7.80. The molecule has 39 heavy (non-hydrogen) atoms. The van der Waals surface area contributed by atoms with E-state index in [0.717, 1.165) is 26.5 Å². The summed E-state index contributed by atoms with van der Waals surface area (Å²) in [4.78, 5) is 28.2. The molecule has 11 heteroatoms. The first kappa shape index (κ1) is 30.6. The van der Waals surface area contributed by atoms with Crippen molar-refractivity contribution in [3.63, 3.8) is 0 Å². The number of rotatable bonds is 11. The summed E-state index contributed by atoms with van der Waals surface area (Å²) >= 11 is 9.36. The van der Waals surface area contributed by atoms with Gasteiger partial charge in [-0.15, -0.1) is 0 Å². The van der Waals surface area contributed by atoms with E-state index in [1.54, 1.807) is 25.1 Å². The minimum atomic E-state index is -4.26. The summed E-state index contributed by atoms with van der Waals surface area (Å²) in [5.41, 5.74) is 0.760. The van der Waals surface area contributed by atoms with Crippen LogP contribution in [0.1, 0.15) is 32.8 Å². The van der Waals surface area contributed by atoms with Gasteiger partial charge in [-0.1, -0.05) is 64.8 Å². The highest BCUT2D eigenvalue weighted by atomic mass is 79.9. The van der Waals surface area contributed by atoms with Crippen LogP contribution in [0.2, 0.25) is 5.02 Å². The van der Waals surface area contributed by atoms with E-state index in [4.69, 9.17) is 11.6 Å². The number of nitrogens with zero attached hydrogens (tertiary/aromatic N) is 2. The van der Waals surface area contributed by atoms with Crippen LogP contribution >= 0.6 is 27.5 Å².